The van der Waals surface area contributed by atoms with Gasteiger partial charge in [0.05, 0.1) is 43.2 Å². The lowest BCUT2D eigenvalue weighted by molar-refractivity contribution is -0.132. The van der Waals surface area contributed by atoms with Crippen LogP contribution < -0.4 is 23.8 Å². The number of aromatic nitrogens is 1. The summed E-state index contributed by atoms with van der Waals surface area (Å²) in [5.74, 6) is -0.255. The first kappa shape index (κ1) is 26.9. The van der Waals surface area contributed by atoms with Crippen LogP contribution in [-0.4, -0.2) is 49.2 Å². The lowest BCUT2D eigenvalue weighted by atomic mass is 9.94. The lowest BCUT2D eigenvalue weighted by Gasteiger charge is -2.24. The van der Waals surface area contributed by atoms with Gasteiger partial charge in [0, 0.05) is 17.0 Å². The molecule has 1 saturated heterocycles. The largest absolute Gasteiger partial charge is 0.507 e. The third-order valence-electron chi connectivity index (χ3n) is 7.16. The van der Waals surface area contributed by atoms with E-state index < -0.39 is 17.7 Å². The van der Waals surface area contributed by atoms with Gasteiger partial charge in [-0.05, 0) is 66.6 Å². The first-order valence-corrected chi connectivity index (χ1v) is 13.9. The Kier molecular flexibility index (Phi) is 6.75. The van der Waals surface area contributed by atoms with Crippen molar-refractivity contribution >= 4 is 55.7 Å². The molecular formula is C30H25ClN2O7S. The topological polar surface area (TPSA) is 107 Å². The Morgan fingerprint density at radius 2 is 1.78 bits per heavy atom. The van der Waals surface area contributed by atoms with Crippen molar-refractivity contribution in [3.05, 3.63) is 75.8 Å². The average Bonchev–Trinajstić information content (AvgIpc) is 3.63. The van der Waals surface area contributed by atoms with E-state index >= 15 is 0 Å². The zero-order chi connectivity index (χ0) is 29.0. The van der Waals surface area contributed by atoms with Gasteiger partial charge in [-0.2, -0.15) is 0 Å². The maximum atomic E-state index is 13.7. The molecule has 0 bridgehead atoms. The molecule has 2 aliphatic heterocycles. The van der Waals surface area contributed by atoms with Crippen molar-refractivity contribution in [2.24, 2.45) is 0 Å². The summed E-state index contributed by atoms with van der Waals surface area (Å²) in [6.45, 7) is 1.96. The van der Waals surface area contributed by atoms with Crippen LogP contribution in [0.5, 0.6) is 23.0 Å². The summed E-state index contributed by atoms with van der Waals surface area (Å²) in [7, 11) is 4.43. The highest BCUT2D eigenvalue weighted by Crippen LogP contribution is 2.48. The minimum atomic E-state index is -1.05. The monoisotopic (exact) mass is 592 g/mol. The van der Waals surface area contributed by atoms with Crippen molar-refractivity contribution in [2.75, 3.05) is 26.2 Å². The number of amides is 1. The number of ether oxygens (including phenoxy) is 4. The van der Waals surface area contributed by atoms with Gasteiger partial charge < -0.3 is 24.1 Å². The van der Waals surface area contributed by atoms with Gasteiger partial charge in [-0.25, -0.2) is 4.98 Å². The number of Topliss-reactive ketones (excluding diaryl/α,β-unsaturated/α-hetero) is 1. The van der Waals surface area contributed by atoms with Gasteiger partial charge in [-0.3, -0.25) is 14.5 Å². The number of carbonyl (C=O) groups is 2. The Morgan fingerprint density at radius 1 is 1.05 bits per heavy atom. The number of hydrogen-bond acceptors (Lipinski definition) is 9. The molecular weight excluding hydrogens is 568 g/mol. The van der Waals surface area contributed by atoms with E-state index in [1.807, 2.05) is 6.92 Å². The summed E-state index contributed by atoms with van der Waals surface area (Å²) in [6, 6.07) is 12.7. The predicted octanol–water partition coefficient (Wildman–Crippen LogP) is 5.93. The summed E-state index contributed by atoms with van der Waals surface area (Å²) < 4.78 is 23.1. The molecule has 9 nitrogen and oxygen atoms in total. The van der Waals surface area contributed by atoms with E-state index in [9.17, 15) is 14.7 Å². The number of fused-ring (bicyclic) bond motifs is 2. The van der Waals surface area contributed by atoms with Crippen LogP contribution in [-0.2, 0) is 16.0 Å². The predicted molar refractivity (Wildman–Crippen MR) is 156 cm³/mol. The summed E-state index contributed by atoms with van der Waals surface area (Å²) in [4.78, 5) is 33.4. The summed E-state index contributed by atoms with van der Waals surface area (Å²) in [6.07, 6.45) is 0.662. The van der Waals surface area contributed by atoms with Crippen LogP contribution in [0.15, 0.2) is 54.1 Å². The molecule has 0 aliphatic carbocycles. The minimum Gasteiger partial charge on any atom is -0.507 e. The normalized spacial score (nSPS) is 19.4. The van der Waals surface area contributed by atoms with Crippen LogP contribution in [0.2, 0.25) is 5.02 Å². The van der Waals surface area contributed by atoms with Gasteiger partial charge in [0.2, 0.25) is 5.75 Å². The number of aliphatic hydroxyl groups is 1. The number of halogens is 1. The van der Waals surface area contributed by atoms with Crippen LogP contribution in [0.3, 0.4) is 0 Å². The minimum absolute atomic E-state index is 0.000237. The fraction of sp³-hybridized carbons (Fsp3) is 0.233. The first-order valence-electron chi connectivity index (χ1n) is 12.7. The van der Waals surface area contributed by atoms with E-state index in [0.29, 0.717) is 45.3 Å². The first-order chi connectivity index (χ1) is 19.7. The van der Waals surface area contributed by atoms with E-state index in [0.717, 1.165) is 16.0 Å². The number of thiazole rings is 1. The molecule has 2 atom stereocenters. The third-order valence-corrected chi connectivity index (χ3v) is 8.41. The molecule has 41 heavy (non-hydrogen) atoms. The molecule has 0 unspecified atom stereocenters. The maximum Gasteiger partial charge on any atom is 0.301 e. The summed E-state index contributed by atoms with van der Waals surface area (Å²) in [5.41, 5.74) is 2.29. The molecule has 1 aromatic heterocycles. The SMILES string of the molecule is COc1cc([C@H]2/C(=C(\O)c3ccc4c(c3)C[C@H](C)O4)C(=O)C(=O)N2c2nc3ccc(Cl)cc3s2)cc(OC)c1OC. The quantitative estimate of drug-likeness (QED) is 0.167. The van der Waals surface area contributed by atoms with Crippen molar-refractivity contribution in [3.63, 3.8) is 0 Å². The highest BCUT2D eigenvalue weighted by atomic mass is 35.5. The summed E-state index contributed by atoms with van der Waals surface area (Å²) >= 11 is 7.41. The Morgan fingerprint density at radius 3 is 2.46 bits per heavy atom. The molecule has 210 valence electrons. The van der Waals surface area contributed by atoms with E-state index in [2.05, 4.69) is 4.98 Å². The fourth-order valence-corrected chi connectivity index (χ4v) is 6.59. The van der Waals surface area contributed by atoms with E-state index in [-0.39, 0.29) is 22.6 Å². The van der Waals surface area contributed by atoms with Crippen molar-refractivity contribution in [3.8, 4) is 23.0 Å². The fourth-order valence-electron chi connectivity index (χ4n) is 5.32. The molecule has 0 saturated carbocycles. The van der Waals surface area contributed by atoms with Gasteiger partial charge in [0.15, 0.2) is 16.6 Å². The number of ketones is 1. The molecule has 1 amide bonds. The second kappa shape index (κ2) is 10.3. The van der Waals surface area contributed by atoms with Crippen LogP contribution in [0.4, 0.5) is 5.13 Å². The Hall–Kier alpha value is -4.28. The molecule has 1 N–H and O–H groups in total. The second-order valence-electron chi connectivity index (χ2n) is 9.69. The Labute approximate surface area is 244 Å². The maximum absolute atomic E-state index is 13.7. The van der Waals surface area contributed by atoms with Crippen LogP contribution in [0.25, 0.3) is 16.0 Å². The summed E-state index contributed by atoms with van der Waals surface area (Å²) in [5, 5.41) is 12.4. The smallest absolute Gasteiger partial charge is 0.301 e. The number of nitrogens with zero attached hydrogens (tertiary/aromatic N) is 2. The number of rotatable bonds is 6. The van der Waals surface area contributed by atoms with E-state index in [1.54, 1.807) is 48.5 Å². The van der Waals surface area contributed by atoms with Crippen LogP contribution in [0, 0.1) is 0 Å². The zero-order valence-corrected chi connectivity index (χ0v) is 24.1. The molecule has 2 aliphatic rings. The second-order valence-corrected chi connectivity index (χ2v) is 11.1. The van der Waals surface area contributed by atoms with Crippen LogP contribution in [0.1, 0.15) is 29.7 Å². The van der Waals surface area contributed by atoms with Gasteiger partial charge in [-0.1, -0.05) is 22.9 Å². The van der Waals surface area contributed by atoms with Gasteiger partial charge >= 0.3 is 5.91 Å². The van der Waals surface area contributed by atoms with E-state index in [4.69, 9.17) is 30.5 Å². The molecule has 0 spiro atoms. The van der Waals surface area contributed by atoms with Gasteiger partial charge in [0.25, 0.3) is 5.78 Å². The number of hydrogen-bond donors (Lipinski definition) is 1. The molecule has 0 radical (unpaired) electrons. The van der Waals surface area contributed by atoms with Crippen molar-refractivity contribution in [1.82, 2.24) is 4.98 Å². The molecule has 3 aromatic carbocycles. The van der Waals surface area contributed by atoms with Crippen molar-refractivity contribution in [2.45, 2.75) is 25.5 Å². The number of benzene rings is 3. The third kappa shape index (κ3) is 4.43. The van der Waals surface area contributed by atoms with Gasteiger partial charge in [-0.15, -0.1) is 0 Å². The Balaban J connectivity index is 1.59. The highest BCUT2D eigenvalue weighted by Gasteiger charge is 2.48. The number of anilines is 1. The van der Waals surface area contributed by atoms with Crippen molar-refractivity contribution < 1.29 is 33.6 Å². The standard InChI is InChI=1S/C30H25ClN2O7S/c1-14-9-16-10-15(5-8-20(16)40-14)26(34)24-25(17-11-21(37-2)28(39-4)22(12-17)38-3)33(29(36)27(24)35)30-32-19-7-6-18(31)13-23(19)41-30/h5-8,10-14,25,34H,9H2,1-4H3/b26-24+/t14-,25-/m0/s1. The molecule has 6 rings (SSSR count). The molecule has 1 fully saturated rings. The number of aliphatic hydroxyl groups excluding tert-OH is 1. The Bertz CT molecular complexity index is 1740. The lowest BCUT2D eigenvalue weighted by Crippen LogP contribution is -2.29. The molecule has 4 aromatic rings. The van der Waals surface area contributed by atoms with Gasteiger partial charge in [0.1, 0.15) is 17.6 Å². The number of methoxy groups -OCH3 is 3. The van der Waals surface area contributed by atoms with Crippen LogP contribution >= 0.6 is 22.9 Å². The highest BCUT2D eigenvalue weighted by molar-refractivity contribution is 7.22. The van der Waals surface area contributed by atoms with Crippen molar-refractivity contribution in [1.29, 1.82) is 0 Å². The zero-order valence-electron chi connectivity index (χ0n) is 22.6. The number of carbonyl (C=O) groups excluding carboxylic acids is 2. The average molecular weight is 593 g/mol. The molecule has 11 heteroatoms. The van der Waals surface area contributed by atoms with E-state index in [1.165, 1.54) is 37.6 Å². The molecule has 3 heterocycles.